The van der Waals surface area contributed by atoms with E-state index in [1.807, 2.05) is 24.3 Å². The van der Waals surface area contributed by atoms with Gasteiger partial charge in [0.1, 0.15) is 6.61 Å². The Morgan fingerprint density at radius 3 is 2.15 bits per heavy atom. The summed E-state index contributed by atoms with van der Waals surface area (Å²) in [5.74, 6) is -1.14. The molecule has 3 rings (SSSR count). The van der Waals surface area contributed by atoms with Gasteiger partial charge in [-0.05, 0) is 35.1 Å². The van der Waals surface area contributed by atoms with Crippen LogP contribution in [0.1, 0.15) is 49.1 Å². The van der Waals surface area contributed by atoms with E-state index in [-0.39, 0.29) is 31.4 Å². The average Bonchev–Trinajstić information content (AvgIpc) is 3.16. The fourth-order valence-electron chi connectivity index (χ4n) is 4.19. The summed E-state index contributed by atoms with van der Waals surface area (Å²) in [6.45, 7) is 0.667. The molecule has 1 atom stereocenters. The van der Waals surface area contributed by atoms with E-state index in [9.17, 15) is 14.4 Å². The van der Waals surface area contributed by atoms with E-state index in [4.69, 9.17) is 14.6 Å². The number of amides is 2. The lowest BCUT2D eigenvalue weighted by Gasteiger charge is -2.17. The van der Waals surface area contributed by atoms with Gasteiger partial charge in [0.15, 0.2) is 6.10 Å². The Balaban J connectivity index is 1.39. The number of carbonyl (C=O) groups is 3. The van der Waals surface area contributed by atoms with Crippen molar-refractivity contribution in [2.45, 2.75) is 44.1 Å². The predicted molar refractivity (Wildman–Crippen MR) is 128 cm³/mol. The lowest BCUT2D eigenvalue weighted by atomic mass is 9.98. The third kappa shape index (κ3) is 6.81. The van der Waals surface area contributed by atoms with Crippen molar-refractivity contribution >= 4 is 18.0 Å². The van der Waals surface area contributed by atoms with E-state index >= 15 is 0 Å². The van der Waals surface area contributed by atoms with Crippen LogP contribution in [0.2, 0.25) is 0 Å². The largest absolute Gasteiger partial charge is 0.481 e. The molecule has 0 saturated heterocycles. The first-order valence-corrected chi connectivity index (χ1v) is 11.6. The highest BCUT2D eigenvalue weighted by molar-refractivity contribution is 5.82. The Bertz CT molecular complexity index is 947. The molecule has 2 aromatic rings. The van der Waals surface area contributed by atoms with E-state index < -0.39 is 18.2 Å². The van der Waals surface area contributed by atoms with Crippen LogP contribution in [0.5, 0.6) is 0 Å². The zero-order valence-electron chi connectivity index (χ0n) is 19.4. The molecular formula is C26H32N2O6. The van der Waals surface area contributed by atoms with E-state index in [0.717, 1.165) is 41.5 Å². The van der Waals surface area contributed by atoms with Gasteiger partial charge >= 0.3 is 12.1 Å². The third-order valence-electron chi connectivity index (χ3n) is 5.97. The maximum atomic E-state index is 12.3. The van der Waals surface area contributed by atoms with Crippen molar-refractivity contribution in [3.8, 4) is 11.1 Å². The number of benzene rings is 2. The van der Waals surface area contributed by atoms with Gasteiger partial charge in [-0.3, -0.25) is 9.59 Å². The number of carboxylic acid groups (broad SMARTS) is 1. The minimum absolute atomic E-state index is 0.00236. The Kier molecular flexibility index (Phi) is 9.46. The Morgan fingerprint density at radius 1 is 0.912 bits per heavy atom. The van der Waals surface area contributed by atoms with Crippen LogP contribution in [0, 0.1) is 0 Å². The van der Waals surface area contributed by atoms with Crippen LogP contribution in [0.3, 0.4) is 0 Å². The fourth-order valence-corrected chi connectivity index (χ4v) is 4.19. The number of rotatable bonds is 13. The molecule has 0 spiro atoms. The number of hydrogen-bond acceptors (Lipinski definition) is 5. The first kappa shape index (κ1) is 25.2. The highest BCUT2D eigenvalue weighted by Gasteiger charge is 2.29. The van der Waals surface area contributed by atoms with Gasteiger partial charge in [-0.1, -0.05) is 61.4 Å². The molecule has 0 saturated carbocycles. The normalized spacial score (nSPS) is 13.0. The summed E-state index contributed by atoms with van der Waals surface area (Å²) in [5, 5.41) is 14.0. The Hall–Kier alpha value is -3.39. The monoisotopic (exact) mass is 468 g/mol. The number of unbranched alkanes of at least 4 members (excludes halogenated alkanes) is 3. The topological polar surface area (TPSA) is 114 Å². The van der Waals surface area contributed by atoms with Gasteiger partial charge in [0.2, 0.25) is 0 Å². The van der Waals surface area contributed by atoms with Crippen LogP contribution >= 0.6 is 0 Å². The molecule has 0 fully saturated rings. The molecule has 0 aliphatic heterocycles. The smallest absolute Gasteiger partial charge is 0.407 e. The lowest BCUT2D eigenvalue weighted by molar-refractivity contribution is -0.137. The van der Waals surface area contributed by atoms with Crippen molar-refractivity contribution in [1.82, 2.24) is 10.6 Å². The number of carboxylic acids is 1. The van der Waals surface area contributed by atoms with Crippen molar-refractivity contribution in [1.29, 1.82) is 0 Å². The van der Waals surface area contributed by atoms with Crippen molar-refractivity contribution in [2.75, 3.05) is 26.8 Å². The fraction of sp³-hybridized carbons (Fsp3) is 0.423. The van der Waals surface area contributed by atoms with Gasteiger partial charge in [-0.15, -0.1) is 0 Å². The van der Waals surface area contributed by atoms with Crippen LogP contribution in [-0.2, 0) is 19.1 Å². The van der Waals surface area contributed by atoms with Gasteiger partial charge in [-0.2, -0.15) is 0 Å². The number of fused-ring (bicyclic) bond motifs is 3. The van der Waals surface area contributed by atoms with Crippen molar-refractivity contribution < 1.29 is 29.0 Å². The van der Waals surface area contributed by atoms with Gasteiger partial charge in [0.25, 0.3) is 5.91 Å². The number of carbonyl (C=O) groups excluding carboxylic acids is 2. The molecule has 1 unspecified atom stereocenters. The average molecular weight is 469 g/mol. The lowest BCUT2D eigenvalue weighted by Crippen LogP contribution is -2.44. The zero-order valence-corrected chi connectivity index (χ0v) is 19.4. The molecule has 0 bridgehead atoms. The van der Waals surface area contributed by atoms with Crippen LogP contribution < -0.4 is 10.6 Å². The number of ether oxygens (including phenoxy) is 2. The van der Waals surface area contributed by atoms with Gasteiger partial charge in [0, 0.05) is 26.0 Å². The van der Waals surface area contributed by atoms with Gasteiger partial charge in [0.05, 0.1) is 6.54 Å². The standard InChI is InChI=1S/C26H32N2O6/c1-33-23(25(31)27-15-9-3-2-4-14-24(29)30)16-28-26(32)34-17-22-20-12-7-5-10-18(20)19-11-6-8-13-21(19)22/h5-8,10-13,22-23H,2-4,9,14-17H2,1H3,(H,27,31)(H,28,32)(H,29,30). The van der Waals surface area contributed by atoms with Crippen LogP contribution in [-0.4, -0.2) is 56.0 Å². The highest BCUT2D eigenvalue weighted by atomic mass is 16.5. The molecule has 0 aromatic heterocycles. The molecule has 3 N–H and O–H groups in total. The first-order valence-electron chi connectivity index (χ1n) is 11.6. The molecule has 8 nitrogen and oxygen atoms in total. The van der Waals surface area contributed by atoms with Crippen molar-refractivity contribution in [3.05, 3.63) is 59.7 Å². The number of methoxy groups -OCH3 is 1. The first-order chi connectivity index (χ1) is 16.5. The van der Waals surface area contributed by atoms with Crippen molar-refractivity contribution in [2.24, 2.45) is 0 Å². The molecule has 34 heavy (non-hydrogen) atoms. The van der Waals surface area contributed by atoms with Gasteiger partial charge < -0.3 is 25.2 Å². The summed E-state index contributed by atoms with van der Waals surface area (Å²) in [6, 6.07) is 16.2. The molecule has 1 aliphatic rings. The maximum Gasteiger partial charge on any atom is 0.407 e. The van der Waals surface area contributed by atoms with Crippen LogP contribution in [0.25, 0.3) is 11.1 Å². The third-order valence-corrected chi connectivity index (χ3v) is 5.97. The molecule has 8 heteroatoms. The summed E-state index contributed by atoms with van der Waals surface area (Å²) in [4.78, 5) is 35.1. The minimum atomic E-state index is -0.826. The summed E-state index contributed by atoms with van der Waals surface area (Å²) in [5.41, 5.74) is 4.58. The Labute approximate surface area is 199 Å². The predicted octanol–water partition coefficient (Wildman–Crippen LogP) is 3.69. The summed E-state index contributed by atoms with van der Waals surface area (Å²) >= 11 is 0. The molecule has 1 aliphatic carbocycles. The molecule has 0 radical (unpaired) electrons. The molecule has 0 heterocycles. The zero-order chi connectivity index (χ0) is 24.3. The molecule has 2 amide bonds. The second-order valence-corrected chi connectivity index (χ2v) is 8.28. The van der Waals surface area contributed by atoms with Crippen LogP contribution in [0.15, 0.2) is 48.5 Å². The van der Waals surface area contributed by atoms with E-state index in [1.165, 1.54) is 7.11 Å². The number of alkyl carbamates (subject to hydrolysis) is 1. The summed E-state index contributed by atoms with van der Waals surface area (Å²) in [7, 11) is 1.41. The van der Waals surface area contributed by atoms with Gasteiger partial charge in [-0.25, -0.2) is 4.79 Å². The number of hydrogen-bond donors (Lipinski definition) is 3. The maximum absolute atomic E-state index is 12.3. The minimum Gasteiger partial charge on any atom is -0.481 e. The molecular weight excluding hydrogens is 436 g/mol. The summed E-state index contributed by atoms with van der Waals surface area (Å²) < 4.78 is 10.7. The Morgan fingerprint density at radius 2 is 1.53 bits per heavy atom. The molecule has 2 aromatic carbocycles. The SMILES string of the molecule is COC(CNC(=O)OCC1c2ccccc2-c2ccccc21)C(=O)NCCCCCCC(=O)O. The second-order valence-electron chi connectivity index (χ2n) is 8.28. The van der Waals surface area contributed by atoms with Crippen molar-refractivity contribution in [3.63, 3.8) is 0 Å². The highest BCUT2D eigenvalue weighted by Crippen LogP contribution is 2.44. The number of nitrogens with one attached hydrogen (secondary N) is 2. The summed E-state index contributed by atoms with van der Waals surface area (Å²) in [6.07, 6.45) is 1.76. The van der Waals surface area contributed by atoms with Crippen LogP contribution in [0.4, 0.5) is 4.79 Å². The van der Waals surface area contributed by atoms with E-state index in [0.29, 0.717) is 13.0 Å². The number of aliphatic carboxylic acids is 1. The second kappa shape index (κ2) is 12.7. The molecule has 182 valence electrons. The van der Waals surface area contributed by atoms with E-state index in [2.05, 4.69) is 34.9 Å². The van der Waals surface area contributed by atoms with E-state index in [1.54, 1.807) is 0 Å². The quantitative estimate of drug-likeness (QED) is 0.386.